The molecule has 1 atom stereocenters. The zero-order valence-electron chi connectivity index (χ0n) is 18.0. The molecule has 31 heavy (non-hydrogen) atoms. The Labute approximate surface area is 182 Å². The fourth-order valence-corrected chi connectivity index (χ4v) is 5.62. The number of aliphatic imine (C=N–C) groups is 1. The standard InChI is InChI=1S/C23H27N3O2.CH2O2/c1-15-9-18(13-25-12-15)16-3-4-17-11-22(7-5-19(27-2)6-8-22)23(20(17)10-16)14-28-21(24)26-23;2-1-3/h3-4,9-10,12-13,19H,5-8,11,14H2,1-2H3,(H2,24,26);1H,(H,2,3)/t19?,22?,23-;/m0./s1. The van der Waals surface area contributed by atoms with E-state index in [4.69, 9.17) is 30.1 Å². The molecule has 0 amide bonds. The van der Waals surface area contributed by atoms with Crippen LogP contribution in [0.5, 0.6) is 0 Å². The molecule has 0 bridgehead atoms. The van der Waals surface area contributed by atoms with Gasteiger partial charge in [0.25, 0.3) is 12.5 Å². The van der Waals surface area contributed by atoms with Crippen LogP contribution in [0.1, 0.15) is 42.4 Å². The number of ether oxygens (including phenoxy) is 2. The summed E-state index contributed by atoms with van der Waals surface area (Å²) in [4.78, 5) is 17.7. The van der Waals surface area contributed by atoms with E-state index in [9.17, 15) is 0 Å². The summed E-state index contributed by atoms with van der Waals surface area (Å²) in [6.07, 6.45) is 9.50. The Balaban J connectivity index is 0.000000730. The van der Waals surface area contributed by atoms with Gasteiger partial charge in [-0.25, -0.2) is 4.99 Å². The highest BCUT2D eigenvalue weighted by Crippen LogP contribution is 2.61. The maximum Gasteiger partial charge on any atom is 0.290 e. The zero-order valence-corrected chi connectivity index (χ0v) is 18.0. The molecule has 1 saturated carbocycles. The minimum Gasteiger partial charge on any atom is -0.483 e. The van der Waals surface area contributed by atoms with Gasteiger partial charge in [0.15, 0.2) is 0 Å². The normalized spacial score (nSPS) is 28.5. The van der Waals surface area contributed by atoms with E-state index in [1.54, 1.807) is 0 Å². The highest BCUT2D eigenvalue weighted by Gasteiger charge is 2.61. The Morgan fingerprint density at radius 1 is 1.23 bits per heavy atom. The second kappa shape index (κ2) is 8.30. The van der Waals surface area contributed by atoms with Gasteiger partial charge in [-0.2, -0.15) is 0 Å². The van der Waals surface area contributed by atoms with Gasteiger partial charge in [-0.05, 0) is 73.4 Å². The molecule has 7 heteroatoms. The van der Waals surface area contributed by atoms with Gasteiger partial charge in [0.1, 0.15) is 12.1 Å². The van der Waals surface area contributed by atoms with Gasteiger partial charge in [0, 0.05) is 30.5 Å². The first-order valence-corrected chi connectivity index (χ1v) is 10.6. The molecule has 2 aromatic rings. The Kier molecular flexibility index (Phi) is 5.71. The molecule has 1 aromatic heterocycles. The van der Waals surface area contributed by atoms with Gasteiger partial charge in [-0.1, -0.05) is 12.1 Å². The minimum atomic E-state index is -0.377. The largest absolute Gasteiger partial charge is 0.483 e. The molecule has 2 heterocycles. The third-order valence-corrected chi connectivity index (χ3v) is 7.12. The number of carbonyl (C=O) groups is 1. The monoisotopic (exact) mass is 423 g/mol. The van der Waals surface area contributed by atoms with Gasteiger partial charge < -0.3 is 20.3 Å². The SMILES string of the molecule is COC1CCC2(CC1)Cc1ccc(-c3cncc(C)c3)cc1[C@@]21COC(N)=N1.O=CO. The smallest absolute Gasteiger partial charge is 0.290 e. The second-order valence-corrected chi connectivity index (χ2v) is 8.72. The predicted molar refractivity (Wildman–Crippen MR) is 118 cm³/mol. The fourth-order valence-electron chi connectivity index (χ4n) is 5.62. The molecular formula is C24H29N3O4. The molecule has 1 aliphatic heterocycles. The molecule has 0 radical (unpaired) electrons. The summed E-state index contributed by atoms with van der Waals surface area (Å²) >= 11 is 0. The molecule has 3 aliphatic rings. The Hall–Kier alpha value is -2.93. The van der Waals surface area contributed by atoms with E-state index >= 15 is 0 Å². The van der Waals surface area contributed by atoms with Crippen LogP contribution in [0.4, 0.5) is 0 Å². The van der Waals surface area contributed by atoms with E-state index < -0.39 is 0 Å². The number of nitrogens with two attached hydrogens (primary N) is 1. The van der Waals surface area contributed by atoms with Crippen molar-refractivity contribution in [3.05, 3.63) is 53.3 Å². The number of aromatic nitrogens is 1. The molecule has 2 spiro atoms. The van der Waals surface area contributed by atoms with E-state index in [1.165, 1.54) is 16.7 Å². The van der Waals surface area contributed by atoms with E-state index in [0.29, 0.717) is 18.7 Å². The number of hydrogen-bond acceptors (Lipinski definition) is 6. The van der Waals surface area contributed by atoms with Crippen molar-refractivity contribution >= 4 is 12.5 Å². The molecule has 5 rings (SSSR count). The number of amidine groups is 1. The predicted octanol–water partition coefficient (Wildman–Crippen LogP) is 3.43. The lowest BCUT2D eigenvalue weighted by Crippen LogP contribution is -2.46. The third-order valence-electron chi connectivity index (χ3n) is 7.12. The summed E-state index contributed by atoms with van der Waals surface area (Å²) in [5, 5.41) is 6.89. The maximum absolute atomic E-state index is 8.36. The molecule has 0 unspecified atom stereocenters. The van der Waals surface area contributed by atoms with Crippen LogP contribution in [-0.2, 0) is 26.2 Å². The quantitative estimate of drug-likeness (QED) is 0.717. The Bertz CT molecular complexity index is 998. The van der Waals surface area contributed by atoms with Crippen molar-refractivity contribution in [1.29, 1.82) is 0 Å². The molecule has 1 aromatic carbocycles. The van der Waals surface area contributed by atoms with Crippen molar-refractivity contribution < 1.29 is 19.4 Å². The number of carboxylic acid groups (broad SMARTS) is 1. The second-order valence-electron chi connectivity index (χ2n) is 8.72. The van der Waals surface area contributed by atoms with Crippen LogP contribution in [0.15, 0.2) is 41.7 Å². The van der Waals surface area contributed by atoms with E-state index in [0.717, 1.165) is 43.2 Å². The third kappa shape index (κ3) is 3.57. The first kappa shape index (κ1) is 21.3. The number of methoxy groups -OCH3 is 1. The Morgan fingerprint density at radius 3 is 2.58 bits per heavy atom. The minimum absolute atomic E-state index is 0.0644. The maximum atomic E-state index is 8.36. The molecular weight excluding hydrogens is 394 g/mol. The van der Waals surface area contributed by atoms with Gasteiger partial charge in [0.05, 0.1) is 6.10 Å². The van der Waals surface area contributed by atoms with Crippen molar-refractivity contribution in [1.82, 2.24) is 4.98 Å². The molecule has 7 nitrogen and oxygen atoms in total. The van der Waals surface area contributed by atoms with Gasteiger partial charge >= 0.3 is 0 Å². The molecule has 3 N–H and O–H groups in total. The summed E-state index contributed by atoms with van der Waals surface area (Å²) in [6, 6.07) is 9.29. The van der Waals surface area contributed by atoms with Crippen LogP contribution >= 0.6 is 0 Å². The average molecular weight is 424 g/mol. The number of fused-ring (bicyclic) bond motifs is 3. The van der Waals surface area contributed by atoms with Crippen LogP contribution in [0.25, 0.3) is 11.1 Å². The van der Waals surface area contributed by atoms with Crippen LogP contribution in [0.3, 0.4) is 0 Å². The Morgan fingerprint density at radius 2 is 1.97 bits per heavy atom. The highest BCUT2D eigenvalue weighted by molar-refractivity contribution is 5.76. The number of aryl methyl sites for hydroxylation is 1. The van der Waals surface area contributed by atoms with E-state index in [2.05, 4.69) is 36.2 Å². The van der Waals surface area contributed by atoms with Crippen LogP contribution in [0.2, 0.25) is 0 Å². The summed E-state index contributed by atoms with van der Waals surface area (Å²) in [5.74, 6) is 0. The van der Waals surface area contributed by atoms with Crippen molar-refractivity contribution in [3.8, 4) is 11.1 Å². The number of rotatable bonds is 2. The first-order chi connectivity index (χ1) is 15.0. The molecule has 2 aliphatic carbocycles. The van der Waals surface area contributed by atoms with E-state index in [1.807, 2.05) is 19.5 Å². The van der Waals surface area contributed by atoms with Crippen LogP contribution in [-0.4, -0.2) is 42.4 Å². The summed E-state index contributed by atoms with van der Waals surface area (Å²) in [7, 11) is 1.82. The van der Waals surface area contributed by atoms with Crippen LogP contribution in [0, 0.1) is 12.3 Å². The van der Waals surface area contributed by atoms with Crippen molar-refractivity contribution in [3.63, 3.8) is 0 Å². The molecule has 164 valence electrons. The van der Waals surface area contributed by atoms with Gasteiger partial charge in [-0.3, -0.25) is 9.78 Å². The summed E-state index contributed by atoms with van der Waals surface area (Å²) in [6.45, 7) is 2.36. The molecule has 1 fully saturated rings. The van der Waals surface area contributed by atoms with E-state index in [-0.39, 0.29) is 17.4 Å². The fraction of sp³-hybridized carbons (Fsp3) is 0.458. The van der Waals surface area contributed by atoms with Gasteiger partial charge in [0.2, 0.25) is 0 Å². The topological polar surface area (TPSA) is 107 Å². The number of benzene rings is 1. The number of hydrogen-bond donors (Lipinski definition) is 2. The lowest BCUT2D eigenvalue weighted by Gasteiger charge is -2.45. The number of pyridine rings is 1. The zero-order chi connectivity index (χ0) is 22.1. The van der Waals surface area contributed by atoms with Crippen molar-refractivity contribution in [2.45, 2.75) is 50.7 Å². The van der Waals surface area contributed by atoms with Crippen molar-refractivity contribution in [2.75, 3.05) is 13.7 Å². The summed E-state index contributed by atoms with van der Waals surface area (Å²) in [5.41, 5.74) is 11.9. The van der Waals surface area contributed by atoms with Crippen LogP contribution < -0.4 is 5.73 Å². The lowest BCUT2D eigenvalue weighted by atomic mass is 9.62. The molecule has 0 saturated heterocycles. The van der Waals surface area contributed by atoms with Gasteiger partial charge in [-0.15, -0.1) is 0 Å². The highest BCUT2D eigenvalue weighted by atomic mass is 16.5. The number of nitrogens with zero attached hydrogens (tertiary/aromatic N) is 2. The first-order valence-electron chi connectivity index (χ1n) is 10.6. The lowest BCUT2D eigenvalue weighted by molar-refractivity contribution is -0.122. The summed E-state index contributed by atoms with van der Waals surface area (Å²) < 4.78 is 11.4. The average Bonchev–Trinajstić information content (AvgIpc) is 3.28. The van der Waals surface area contributed by atoms with Crippen molar-refractivity contribution in [2.24, 2.45) is 16.1 Å².